The molecule has 2 aliphatic heterocycles. The zero-order valence-electron chi connectivity index (χ0n) is 11.1. The molecule has 4 rings (SSSR count). The molecular weight excluding hydrogens is 252 g/mol. The SMILES string of the molecule is O=C(Cn1nnc2ccccc21)N1C2C=CCC1CC2. The lowest BCUT2D eigenvalue weighted by Gasteiger charge is -2.31. The topological polar surface area (TPSA) is 51.0 Å². The van der Waals surface area contributed by atoms with Gasteiger partial charge in [-0.3, -0.25) is 4.79 Å². The smallest absolute Gasteiger partial charge is 0.245 e. The van der Waals surface area contributed by atoms with Gasteiger partial charge in [-0.2, -0.15) is 0 Å². The van der Waals surface area contributed by atoms with Crippen molar-refractivity contribution in [3.05, 3.63) is 36.4 Å². The van der Waals surface area contributed by atoms with E-state index in [1.54, 1.807) is 4.68 Å². The van der Waals surface area contributed by atoms with Gasteiger partial charge >= 0.3 is 0 Å². The summed E-state index contributed by atoms with van der Waals surface area (Å²) in [5.41, 5.74) is 1.75. The molecule has 5 heteroatoms. The number of carbonyl (C=O) groups excluding carboxylic acids is 1. The Kier molecular flexibility index (Phi) is 2.58. The molecule has 5 nitrogen and oxygen atoms in total. The highest BCUT2D eigenvalue weighted by atomic mass is 16.2. The molecule has 0 spiro atoms. The average Bonchev–Trinajstić information content (AvgIpc) is 2.98. The highest BCUT2D eigenvalue weighted by molar-refractivity contribution is 5.80. The summed E-state index contributed by atoms with van der Waals surface area (Å²) in [5.74, 6) is 0.150. The van der Waals surface area contributed by atoms with Crippen LogP contribution in [-0.4, -0.2) is 37.9 Å². The van der Waals surface area contributed by atoms with Gasteiger partial charge in [-0.05, 0) is 31.4 Å². The monoisotopic (exact) mass is 268 g/mol. The Bertz CT molecular complexity index is 690. The minimum atomic E-state index is 0.150. The van der Waals surface area contributed by atoms with Crippen molar-refractivity contribution in [1.82, 2.24) is 19.9 Å². The van der Waals surface area contributed by atoms with Gasteiger partial charge in [0.15, 0.2) is 0 Å². The zero-order chi connectivity index (χ0) is 13.5. The summed E-state index contributed by atoms with van der Waals surface area (Å²) in [6, 6.07) is 8.41. The second-order valence-electron chi connectivity index (χ2n) is 5.50. The van der Waals surface area contributed by atoms with Crippen LogP contribution in [0, 0.1) is 0 Å². The van der Waals surface area contributed by atoms with E-state index in [4.69, 9.17) is 0 Å². The van der Waals surface area contributed by atoms with Gasteiger partial charge < -0.3 is 4.90 Å². The zero-order valence-corrected chi connectivity index (χ0v) is 11.1. The third-order valence-corrected chi connectivity index (χ3v) is 4.31. The molecule has 3 heterocycles. The van der Waals surface area contributed by atoms with Crippen molar-refractivity contribution in [3.8, 4) is 0 Å². The molecule has 2 bridgehead atoms. The van der Waals surface area contributed by atoms with Crippen molar-refractivity contribution < 1.29 is 4.79 Å². The number of fused-ring (bicyclic) bond motifs is 3. The summed E-state index contributed by atoms with van der Waals surface area (Å²) in [6.07, 6.45) is 7.56. The Morgan fingerprint density at radius 2 is 2.20 bits per heavy atom. The molecule has 2 atom stereocenters. The first kappa shape index (κ1) is 11.6. The van der Waals surface area contributed by atoms with Crippen LogP contribution in [0.15, 0.2) is 36.4 Å². The fraction of sp³-hybridized carbons (Fsp3) is 0.400. The van der Waals surface area contributed by atoms with Gasteiger partial charge in [0.05, 0.1) is 11.6 Å². The maximum Gasteiger partial charge on any atom is 0.245 e. The van der Waals surface area contributed by atoms with Gasteiger partial charge in [-0.25, -0.2) is 4.68 Å². The van der Waals surface area contributed by atoms with Crippen LogP contribution in [-0.2, 0) is 11.3 Å². The normalized spacial score (nSPS) is 24.5. The second kappa shape index (κ2) is 4.44. The first-order valence-electron chi connectivity index (χ1n) is 7.09. The van der Waals surface area contributed by atoms with E-state index in [9.17, 15) is 4.79 Å². The summed E-state index contributed by atoms with van der Waals surface area (Å²) in [7, 11) is 0. The van der Waals surface area contributed by atoms with E-state index in [1.165, 1.54) is 0 Å². The molecule has 102 valence electrons. The van der Waals surface area contributed by atoms with E-state index < -0.39 is 0 Å². The number of aromatic nitrogens is 3. The molecule has 1 aromatic heterocycles. The number of nitrogens with zero attached hydrogens (tertiary/aromatic N) is 4. The number of amides is 1. The standard InChI is InChI=1S/C15H16N4O/c20-15(19-11-4-3-5-12(19)9-8-11)10-18-14-7-2-1-6-13(14)16-17-18/h1-4,6-7,11-12H,5,8-10H2. The summed E-state index contributed by atoms with van der Waals surface area (Å²) >= 11 is 0. The van der Waals surface area contributed by atoms with Crippen molar-refractivity contribution in [3.63, 3.8) is 0 Å². The Labute approximate surface area is 116 Å². The summed E-state index contributed by atoms with van der Waals surface area (Å²) < 4.78 is 1.70. The molecule has 0 aliphatic carbocycles. The van der Waals surface area contributed by atoms with E-state index >= 15 is 0 Å². The van der Waals surface area contributed by atoms with E-state index in [0.717, 1.165) is 30.3 Å². The molecule has 1 aromatic carbocycles. The number of rotatable bonds is 2. The van der Waals surface area contributed by atoms with E-state index in [-0.39, 0.29) is 18.5 Å². The number of carbonyl (C=O) groups is 1. The van der Waals surface area contributed by atoms with Gasteiger partial charge in [0.2, 0.25) is 5.91 Å². The predicted molar refractivity (Wildman–Crippen MR) is 74.9 cm³/mol. The molecule has 2 aromatic rings. The highest BCUT2D eigenvalue weighted by Gasteiger charge is 2.37. The first-order valence-corrected chi connectivity index (χ1v) is 7.09. The molecule has 1 amide bonds. The first-order chi connectivity index (χ1) is 9.83. The molecule has 2 aliphatic rings. The highest BCUT2D eigenvalue weighted by Crippen LogP contribution is 2.31. The lowest BCUT2D eigenvalue weighted by Crippen LogP contribution is -2.43. The Balaban J connectivity index is 1.60. The summed E-state index contributed by atoms with van der Waals surface area (Å²) in [5, 5.41) is 8.20. The molecule has 1 saturated heterocycles. The number of benzene rings is 1. The van der Waals surface area contributed by atoms with Crippen LogP contribution < -0.4 is 0 Å². The van der Waals surface area contributed by atoms with Crippen molar-refractivity contribution in [2.75, 3.05) is 0 Å². The van der Waals surface area contributed by atoms with E-state index in [2.05, 4.69) is 22.5 Å². The average molecular weight is 268 g/mol. The van der Waals surface area contributed by atoms with E-state index in [1.807, 2.05) is 29.2 Å². The number of para-hydroxylation sites is 1. The lowest BCUT2D eigenvalue weighted by molar-refractivity contribution is -0.134. The largest absolute Gasteiger partial charge is 0.331 e. The van der Waals surface area contributed by atoms with Crippen molar-refractivity contribution >= 4 is 16.9 Å². The fourth-order valence-electron chi connectivity index (χ4n) is 3.36. The summed E-state index contributed by atoms with van der Waals surface area (Å²) in [6.45, 7) is 0.279. The molecule has 1 fully saturated rings. The maximum absolute atomic E-state index is 12.6. The Hall–Kier alpha value is -2.17. The van der Waals surface area contributed by atoms with Crippen LogP contribution in [0.4, 0.5) is 0 Å². The van der Waals surface area contributed by atoms with Crippen LogP contribution in [0.25, 0.3) is 11.0 Å². The van der Waals surface area contributed by atoms with Gasteiger partial charge in [-0.1, -0.05) is 29.5 Å². The summed E-state index contributed by atoms with van der Waals surface area (Å²) in [4.78, 5) is 14.6. The Morgan fingerprint density at radius 1 is 1.30 bits per heavy atom. The van der Waals surface area contributed by atoms with Crippen molar-refractivity contribution in [2.45, 2.75) is 37.9 Å². The van der Waals surface area contributed by atoms with Crippen molar-refractivity contribution in [1.29, 1.82) is 0 Å². The van der Waals surface area contributed by atoms with Crippen LogP contribution >= 0.6 is 0 Å². The quantitative estimate of drug-likeness (QED) is 0.780. The third-order valence-electron chi connectivity index (χ3n) is 4.31. The molecule has 2 unspecified atom stereocenters. The minimum absolute atomic E-state index is 0.150. The Morgan fingerprint density at radius 3 is 3.10 bits per heavy atom. The lowest BCUT2D eigenvalue weighted by atomic mass is 10.1. The molecule has 0 N–H and O–H groups in total. The molecule has 0 radical (unpaired) electrons. The van der Waals surface area contributed by atoms with Crippen LogP contribution in [0.3, 0.4) is 0 Å². The molecular formula is C15H16N4O. The van der Waals surface area contributed by atoms with E-state index in [0.29, 0.717) is 6.04 Å². The second-order valence-corrected chi connectivity index (χ2v) is 5.50. The van der Waals surface area contributed by atoms with Crippen LogP contribution in [0.1, 0.15) is 19.3 Å². The molecule has 20 heavy (non-hydrogen) atoms. The minimum Gasteiger partial charge on any atom is -0.331 e. The number of hydrogen-bond acceptors (Lipinski definition) is 3. The fourth-order valence-corrected chi connectivity index (χ4v) is 3.36. The van der Waals surface area contributed by atoms with Crippen LogP contribution in [0.2, 0.25) is 0 Å². The van der Waals surface area contributed by atoms with Gasteiger partial charge in [-0.15, -0.1) is 5.10 Å². The van der Waals surface area contributed by atoms with Gasteiger partial charge in [0, 0.05) is 6.04 Å². The van der Waals surface area contributed by atoms with Gasteiger partial charge in [0.25, 0.3) is 0 Å². The number of hydrogen-bond donors (Lipinski definition) is 0. The predicted octanol–water partition coefficient (Wildman–Crippen LogP) is 1.75. The molecule has 0 saturated carbocycles. The van der Waals surface area contributed by atoms with Gasteiger partial charge in [0.1, 0.15) is 12.1 Å². The third kappa shape index (κ3) is 1.73. The maximum atomic E-state index is 12.6. The van der Waals surface area contributed by atoms with Crippen LogP contribution in [0.5, 0.6) is 0 Å². The van der Waals surface area contributed by atoms with Crippen molar-refractivity contribution in [2.24, 2.45) is 0 Å².